The minimum atomic E-state index is 0.0800. The van der Waals surface area contributed by atoms with Crippen molar-refractivity contribution in [2.45, 2.75) is 50.2 Å². The Balaban J connectivity index is 1.84. The highest BCUT2D eigenvalue weighted by Crippen LogP contribution is 2.46. The molecule has 1 heterocycles. The summed E-state index contributed by atoms with van der Waals surface area (Å²) in [5.74, 6) is 6.34. The van der Waals surface area contributed by atoms with E-state index < -0.39 is 0 Å². The number of hydrogen-bond acceptors (Lipinski definition) is 3. The maximum atomic E-state index is 6.39. The predicted octanol–water partition coefficient (Wildman–Crippen LogP) is 4.35. The molecule has 116 valence electrons. The van der Waals surface area contributed by atoms with Crippen molar-refractivity contribution in [3.63, 3.8) is 0 Å². The number of ether oxygens (including phenoxy) is 1. The molecule has 1 aromatic carbocycles. The van der Waals surface area contributed by atoms with Gasteiger partial charge in [-0.15, -0.1) is 0 Å². The number of nitrogens with two attached hydrogens (primary N) is 1. The van der Waals surface area contributed by atoms with Gasteiger partial charge in [-0.05, 0) is 55.4 Å². The van der Waals surface area contributed by atoms with Crippen LogP contribution in [-0.4, -0.2) is 12.2 Å². The first-order chi connectivity index (χ1) is 10.1. The fourth-order valence-corrected chi connectivity index (χ4v) is 4.56. The van der Waals surface area contributed by atoms with Crippen LogP contribution in [0, 0.1) is 5.92 Å². The second-order valence-electron chi connectivity index (χ2n) is 6.30. The van der Waals surface area contributed by atoms with Crippen LogP contribution in [0.3, 0.4) is 0 Å². The Morgan fingerprint density at radius 3 is 2.86 bits per heavy atom. The van der Waals surface area contributed by atoms with Gasteiger partial charge in [0.05, 0.1) is 11.6 Å². The minimum Gasteiger partial charge on any atom is -0.375 e. The third-order valence-corrected chi connectivity index (χ3v) is 5.83. The first-order valence-corrected chi connectivity index (χ1v) is 8.86. The van der Waals surface area contributed by atoms with Gasteiger partial charge in [-0.25, -0.2) is 0 Å². The molecular weight excluding hydrogens is 352 g/mol. The number of halogens is 2. The average Bonchev–Trinajstić information content (AvgIpc) is 2.91. The molecule has 2 fully saturated rings. The summed E-state index contributed by atoms with van der Waals surface area (Å²) in [6, 6.07) is 6.04. The van der Waals surface area contributed by atoms with Crippen LogP contribution in [0.2, 0.25) is 5.02 Å². The molecule has 2 unspecified atom stereocenters. The predicted molar refractivity (Wildman–Crippen MR) is 89.1 cm³/mol. The summed E-state index contributed by atoms with van der Waals surface area (Å²) < 4.78 is 7.16. The van der Waals surface area contributed by atoms with Crippen molar-refractivity contribution in [3.8, 4) is 0 Å². The molecule has 0 radical (unpaired) electrons. The quantitative estimate of drug-likeness (QED) is 0.612. The van der Waals surface area contributed by atoms with Gasteiger partial charge < -0.3 is 4.74 Å². The maximum Gasteiger partial charge on any atom is 0.0686 e. The van der Waals surface area contributed by atoms with E-state index >= 15 is 0 Å². The summed E-state index contributed by atoms with van der Waals surface area (Å²) in [6.07, 6.45) is 7.04. The van der Waals surface area contributed by atoms with Crippen LogP contribution in [0.1, 0.15) is 50.1 Å². The molecule has 1 aliphatic heterocycles. The van der Waals surface area contributed by atoms with Gasteiger partial charge in [0.15, 0.2) is 0 Å². The third kappa shape index (κ3) is 3.30. The lowest BCUT2D eigenvalue weighted by atomic mass is 9.79. The Labute approximate surface area is 139 Å². The molecule has 1 aliphatic carbocycles. The maximum absolute atomic E-state index is 6.39. The summed E-state index contributed by atoms with van der Waals surface area (Å²) in [4.78, 5) is 0. The van der Waals surface area contributed by atoms with Crippen LogP contribution in [0.25, 0.3) is 0 Å². The monoisotopic (exact) mass is 372 g/mol. The first kappa shape index (κ1) is 15.8. The summed E-state index contributed by atoms with van der Waals surface area (Å²) in [7, 11) is 0. The van der Waals surface area contributed by atoms with E-state index in [1.54, 1.807) is 0 Å². The normalized spacial score (nSPS) is 26.1. The number of hydrazine groups is 1. The van der Waals surface area contributed by atoms with E-state index in [1.165, 1.54) is 25.7 Å². The molecule has 2 aliphatic rings. The van der Waals surface area contributed by atoms with Crippen LogP contribution in [0.15, 0.2) is 22.7 Å². The van der Waals surface area contributed by atoms with Gasteiger partial charge in [0.25, 0.3) is 0 Å². The Morgan fingerprint density at radius 2 is 2.14 bits per heavy atom. The third-order valence-electron chi connectivity index (χ3n) is 4.99. The molecule has 21 heavy (non-hydrogen) atoms. The average molecular weight is 374 g/mol. The highest BCUT2D eigenvalue weighted by Gasteiger charge is 2.42. The van der Waals surface area contributed by atoms with Crippen molar-refractivity contribution in [1.29, 1.82) is 0 Å². The molecule has 0 bridgehead atoms. The van der Waals surface area contributed by atoms with E-state index in [4.69, 9.17) is 22.2 Å². The van der Waals surface area contributed by atoms with Gasteiger partial charge in [0.2, 0.25) is 0 Å². The molecule has 3 nitrogen and oxygen atoms in total. The van der Waals surface area contributed by atoms with E-state index in [0.29, 0.717) is 5.92 Å². The van der Waals surface area contributed by atoms with Gasteiger partial charge in [0.1, 0.15) is 0 Å². The van der Waals surface area contributed by atoms with E-state index in [1.807, 2.05) is 12.1 Å². The van der Waals surface area contributed by atoms with E-state index in [9.17, 15) is 0 Å². The fraction of sp³-hybridized carbons (Fsp3) is 0.625. The zero-order valence-corrected chi connectivity index (χ0v) is 14.4. The molecule has 1 aromatic rings. The molecular formula is C16H22BrClN2O. The van der Waals surface area contributed by atoms with Crippen molar-refractivity contribution in [2.24, 2.45) is 11.8 Å². The lowest BCUT2D eigenvalue weighted by molar-refractivity contribution is -0.0982. The number of nitrogens with one attached hydrogen (secondary N) is 1. The molecule has 3 N–H and O–H groups in total. The molecule has 1 saturated heterocycles. The standard InChI is InChI=1S/C16H22BrClN2O/c17-12-3-4-14(18)13(9-12)15(20-19)11-5-8-21-16(10-11)6-1-2-7-16/h3-4,9,11,15,20H,1-2,5-8,10,19H2. The molecule has 1 saturated carbocycles. The number of hydrogen-bond donors (Lipinski definition) is 2. The van der Waals surface area contributed by atoms with Crippen molar-refractivity contribution in [3.05, 3.63) is 33.3 Å². The molecule has 5 heteroatoms. The lowest BCUT2D eigenvalue weighted by Crippen LogP contribution is -2.43. The van der Waals surface area contributed by atoms with Crippen LogP contribution in [0.5, 0.6) is 0 Å². The number of benzene rings is 1. The van der Waals surface area contributed by atoms with Crippen molar-refractivity contribution < 1.29 is 4.74 Å². The van der Waals surface area contributed by atoms with Crippen LogP contribution >= 0.6 is 27.5 Å². The second kappa shape index (κ2) is 6.55. The van der Waals surface area contributed by atoms with Crippen LogP contribution in [-0.2, 0) is 4.74 Å². The van der Waals surface area contributed by atoms with Crippen molar-refractivity contribution in [1.82, 2.24) is 5.43 Å². The lowest BCUT2D eigenvalue weighted by Gasteiger charge is -2.41. The Bertz CT molecular complexity index is 505. The molecule has 2 atom stereocenters. The SMILES string of the molecule is NNC(c1cc(Br)ccc1Cl)C1CCOC2(CCCC2)C1. The second-order valence-corrected chi connectivity index (χ2v) is 7.62. The van der Waals surface area contributed by atoms with E-state index in [0.717, 1.165) is 34.5 Å². The summed E-state index contributed by atoms with van der Waals surface area (Å²) in [6.45, 7) is 0.828. The molecule has 0 aromatic heterocycles. The summed E-state index contributed by atoms with van der Waals surface area (Å²) >= 11 is 9.92. The molecule has 0 amide bonds. The highest BCUT2D eigenvalue weighted by molar-refractivity contribution is 9.10. The Hall–Kier alpha value is -0.130. The van der Waals surface area contributed by atoms with Crippen LogP contribution in [0.4, 0.5) is 0 Å². The molecule has 1 spiro atoms. The van der Waals surface area contributed by atoms with Crippen LogP contribution < -0.4 is 11.3 Å². The van der Waals surface area contributed by atoms with Gasteiger partial charge >= 0.3 is 0 Å². The zero-order chi connectivity index (χ0) is 14.9. The van der Waals surface area contributed by atoms with Gasteiger partial charge in [0, 0.05) is 16.1 Å². The van der Waals surface area contributed by atoms with Gasteiger partial charge in [-0.3, -0.25) is 11.3 Å². The largest absolute Gasteiger partial charge is 0.375 e. The summed E-state index contributed by atoms with van der Waals surface area (Å²) in [5, 5.41) is 0.771. The number of rotatable bonds is 3. The first-order valence-electron chi connectivity index (χ1n) is 7.69. The highest BCUT2D eigenvalue weighted by atomic mass is 79.9. The minimum absolute atomic E-state index is 0.0800. The van der Waals surface area contributed by atoms with Crippen molar-refractivity contribution in [2.75, 3.05) is 6.61 Å². The summed E-state index contributed by atoms with van der Waals surface area (Å²) in [5.41, 5.74) is 4.17. The fourth-order valence-electron chi connectivity index (χ4n) is 3.95. The Morgan fingerprint density at radius 1 is 1.38 bits per heavy atom. The smallest absolute Gasteiger partial charge is 0.0686 e. The Kier molecular flexibility index (Phi) is 4.91. The van der Waals surface area contributed by atoms with Crippen molar-refractivity contribution >= 4 is 27.5 Å². The van der Waals surface area contributed by atoms with E-state index in [-0.39, 0.29) is 11.6 Å². The van der Waals surface area contributed by atoms with Gasteiger partial charge in [-0.1, -0.05) is 40.4 Å². The van der Waals surface area contributed by atoms with Gasteiger partial charge in [-0.2, -0.15) is 0 Å². The molecule has 3 rings (SSSR count). The zero-order valence-electron chi connectivity index (χ0n) is 12.1. The topological polar surface area (TPSA) is 47.3 Å². The van der Waals surface area contributed by atoms with E-state index in [2.05, 4.69) is 27.4 Å².